The summed E-state index contributed by atoms with van der Waals surface area (Å²) in [6.45, 7) is 14.2. The Morgan fingerprint density at radius 3 is 1.46 bits per heavy atom. The smallest absolute Gasteiger partial charge is 0.135 e. The molecule has 1 heterocycles. The van der Waals surface area contributed by atoms with E-state index in [1.54, 1.807) is 0 Å². The minimum absolute atomic E-state index is 0.0368. The molecule has 4 nitrogen and oxygen atoms in total. The van der Waals surface area contributed by atoms with Crippen molar-refractivity contribution in [2.24, 2.45) is 9.98 Å². The normalized spacial score (nSPS) is 16.2. The molecule has 1 N–H and O–H groups in total. The molecule has 2 atom stereocenters. The summed E-state index contributed by atoms with van der Waals surface area (Å²) in [5, 5.41) is 3.95. The number of benzene rings is 4. The minimum Gasteiger partial charge on any atom is -0.492 e. The van der Waals surface area contributed by atoms with E-state index < -0.39 is 0 Å². The van der Waals surface area contributed by atoms with Crippen LogP contribution in [0.1, 0.15) is 182 Å². The van der Waals surface area contributed by atoms with Gasteiger partial charge in [0.2, 0.25) is 0 Å². The molecule has 330 valence electrons. The first-order valence-corrected chi connectivity index (χ1v) is 24.6. The van der Waals surface area contributed by atoms with Crippen LogP contribution in [0, 0.1) is 0 Å². The van der Waals surface area contributed by atoms with Crippen molar-refractivity contribution in [3.8, 4) is 28.0 Å². The molecule has 0 radical (unpaired) electrons. The predicted molar refractivity (Wildman–Crippen MR) is 267 cm³/mol. The lowest BCUT2D eigenvalue weighted by atomic mass is 9.86. The van der Waals surface area contributed by atoms with Crippen molar-refractivity contribution >= 4 is 22.8 Å². The zero-order chi connectivity index (χ0) is 43.1. The number of para-hydroxylation sites is 1. The van der Waals surface area contributed by atoms with Crippen LogP contribution < -0.4 is 10.1 Å². The van der Waals surface area contributed by atoms with E-state index in [4.69, 9.17) is 14.7 Å². The number of hydrogen-bond donors (Lipinski definition) is 1. The summed E-state index contributed by atoms with van der Waals surface area (Å²) in [5.74, 6) is 0.958. The second kappa shape index (κ2) is 26.5. The van der Waals surface area contributed by atoms with Crippen LogP contribution in [-0.4, -0.2) is 30.1 Å². The number of aliphatic imine (C=N–C) groups is 2. The summed E-state index contributed by atoms with van der Waals surface area (Å²) < 4.78 is 6.83. The second-order valence-electron chi connectivity index (χ2n) is 18.9. The van der Waals surface area contributed by atoms with E-state index >= 15 is 0 Å². The molecule has 5 rings (SSSR count). The third-order valence-corrected chi connectivity index (χ3v) is 12.7. The number of nitrogens with one attached hydrogen (secondary N) is 1. The lowest BCUT2D eigenvalue weighted by Crippen LogP contribution is -2.49. The standard InChI is InChI=1S/C57H81N3O/c1-7-8-9-10-11-12-13-14-15-16-17-18-19-20-21-22-23-32-42-61-56-50(47-34-26-24-27-35-47)43-49(44-51(56)48-36-28-25-29-37-48)58-45(2)53-40-33-41-54(60-53)46(3)59-55-39-31-30-38-52(55)57(4,5)6/h24-31,34-39,43-44,53-54,60H,7-23,32-33,40-42H2,1-6H3. The van der Waals surface area contributed by atoms with Crippen LogP contribution in [0.5, 0.6) is 5.75 Å². The Labute approximate surface area is 372 Å². The average molecular weight is 824 g/mol. The molecule has 4 aromatic rings. The van der Waals surface area contributed by atoms with E-state index in [1.807, 2.05) is 0 Å². The van der Waals surface area contributed by atoms with E-state index in [1.165, 1.54) is 115 Å². The summed E-state index contributed by atoms with van der Waals surface area (Å²) in [4.78, 5) is 10.6. The number of unbranched alkanes of at least 4 members (excludes halogenated alkanes) is 17. The van der Waals surface area contributed by atoms with Crippen molar-refractivity contribution in [2.45, 2.75) is 194 Å². The van der Waals surface area contributed by atoms with Crippen LogP contribution in [0.15, 0.2) is 107 Å². The van der Waals surface area contributed by atoms with Crippen LogP contribution in [0.3, 0.4) is 0 Å². The van der Waals surface area contributed by atoms with E-state index in [2.05, 4.69) is 144 Å². The third-order valence-electron chi connectivity index (χ3n) is 12.7. The van der Waals surface area contributed by atoms with Gasteiger partial charge in [-0.15, -0.1) is 0 Å². The van der Waals surface area contributed by atoms with Gasteiger partial charge >= 0.3 is 0 Å². The fraction of sp³-hybridized carbons (Fsp3) is 0.544. The minimum atomic E-state index is 0.0368. The van der Waals surface area contributed by atoms with Crippen LogP contribution in [0.2, 0.25) is 0 Å². The molecule has 1 aliphatic rings. The molecule has 0 amide bonds. The van der Waals surface area contributed by atoms with Crippen LogP contribution >= 0.6 is 0 Å². The third kappa shape index (κ3) is 16.3. The summed E-state index contributed by atoms with van der Waals surface area (Å²) in [6, 6.07) is 34.9. The SMILES string of the molecule is CCCCCCCCCCCCCCCCCCCCOc1c(-c2ccccc2)cc(N=C(C)C2CCCC(C(C)=Nc3ccccc3C(C)(C)C)N2)cc1-c1ccccc1. The highest BCUT2D eigenvalue weighted by molar-refractivity contribution is 5.94. The average Bonchev–Trinajstić information content (AvgIpc) is 3.27. The van der Waals surface area contributed by atoms with Gasteiger partial charge in [-0.3, -0.25) is 9.98 Å². The van der Waals surface area contributed by atoms with Crippen LogP contribution in [0.4, 0.5) is 11.4 Å². The maximum absolute atomic E-state index is 6.83. The van der Waals surface area contributed by atoms with Gasteiger partial charge in [-0.1, -0.05) is 216 Å². The Bertz CT molecular complexity index is 1830. The topological polar surface area (TPSA) is 46.0 Å². The van der Waals surface area contributed by atoms with E-state index in [0.29, 0.717) is 6.61 Å². The fourth-order valence-electron chi connectivity index (χ4n) is 9.03. The van der Waals surface area contributed by atoms with Crippen molar-refractivity contribution in [3.63, 3.8) is 0 Å². The Kier molecular flexibility index (Phi) is 20.8. The molecular weight excluding hydrogens is 743 g/mol. The first-order valence-electron chi connectivity index (χ1n) is 24.6. The monoisotopic (exact) mass is 824 g/mol. The summed E-state index contributed by atoms with van der Waals surface area (Å²) in [7, 11) is 0. The molecule has 1 saturated heterocycles. The maximum Gasteiger partial charge on any atom is 0.135 e. The van der Waals surface area contributed by atoms with Crippen LogP contribution in [0.25, 0.3) is 22.3 Å². The van der Waals surface area contributed by atoms with Gasteiger partial charge in [-0.05, 0) is 79.8 Å². The fourth-order valence-corrected chi connectivity index (χ4v) is 9.03. The first-order chi connectivity index (χ1) is 29.7. The largest absolute Gasteiger partial charge is 0.492 e. The van der Waals surface area contributed by atoms with E-state index in [9.17, 15) is 0 Å². The Morgan fingerprint density at radius 2 is 0.984 bits per heavy atom. The summed E-state index contributed by atoms with van der Waals surface area (Å²) >= 11 is 0. The molecular formula is C57H81N3O. The number of hydrogen-bond acceptors (Lipinski definition) is 4. The Balaban J connectivity index is 1.18. The first kappa shape index (κ1) is 48.0. The molecule has 4 heteroatoms. The van der Waals surface area contributed by atoms with Gasteiger partial charge < -0.3 is 10.1 Å². The molecule has 0 aromatic heterocycles. The Morgan fingerprint density at radius 1 is 0.557 bits per heavy atom. The van der Waals surface area contributed by atoms with Crippen molar-refractivity contribution in [1.82, 2.24) is 5.32 Å². The van der Waals surface area contributed by atoms with Gasteiger partial charge in [0.1, 0.15) is 5.75 Å². The van der Waals surface area contributed by atoms with Crippen molar-refractivity contribution < 1.29 is 4.74 Å². The van der Waals surface area contributed by atoms with Crippen molar-refractivity contribution in [3.05, 3.63) is 103 Å². The number of nitrogens with zero attached hydrogens (tertiary/aromatic N) is 2. The predicted octanol–water partition coefficient (Wildman–Crippen LogP) is 17.1. The van der Waals surface area contributed by atoms with Gasteiger partial charge in [0.25, 0.3) is 0 Å². The van der Waals surface area contributed by atoms with Gasteiger partial charge in [0, 0.05) is 34.6 Å². The summed E-state index contributed by atoms with van der Waals surface area (Å²) in [6.07, 6.45) is 28.1. The zero-order valence-electron chi connectivity index (χ0n) is 39.3. The lowest BCUT2D eigenvalue weighted by Gasteiger charge is -2.31. The van der Waals surface area contributed by atoms with E-state index in [-0.39, 0.29) is 17.5 Å². The van der Waals surface area contributed by atoms with Gasteiger partial charge in [0.05, 0.1) is 18.0 Å². The molecule has 1 fully saturated rings. The number of piperidine rings is 1. The van der Waals surface area contributed by atoms with E-state index in [0.717, 1.165) is 76.5 Å². The maximum atomic E-state index is 6.83. The summed E-state index contributed by atoms with van der Waals surface area (Å²) in [5.41, 5.74) is 10.1. The van der Waals surface area contributed by atoms with Gasteiger partial charge in [-0.25, -0.2) is 0 Å². The quantitative estimate of drug-likeness (QED) is 0.0506. The van der Waals surface area contributed by atoms with Crippen molar-refractivity contribution in [2.75, 3.05) is 6.61 Å². The van der Waals surface area contributed by atoms with Crippen LogP contribution in [-0.2, 0) is 5.41 Å². The number of ether oxygens (including phenoxy) is 1. The zero-order valence-corrected chi connectivity index (χ0v) is 39.3. The molecule has 0 spiro atoms. The van der Waals surface area contributed by atoms with Gasteiger partial charge in [-0.2, -0.15) is 0 Å². The Hall–Kier alpha value is -4.02. The van der Waals surface area contributed by atoms with Gasteiger partial charge in [0.15, 0.2) is 0 Å². The van der Waals surface area contributed by atoms with Crippen molar-refractivity contribution in [1.29, 1.82) is 0 Å². The molecule has 0 aliphatic carbocycles. The molecule has 1 aliphatic heterocycles. The number of rotatable bonds is 26. The highest BCUT2D eigenvalue weighted by atomic mass is 16.5. The highest BCUT2D eigenvalue weighted by Gasteiger charge is 2.26. The molecule has 61 heavy (non-hydrogen) atoms. The lowest BCUT2D eigenvalue weighted by molar-refractivity contribution is 0.306. The highest BCUT2D eigenvalue weighted by Crippen LogP contribution is 2.43. The molecule has 0 bridgehead atoms. The second-order valence-corrected chi connectivity index (χ2v) is 18.9. The molecule has 0 saturated carbocycles. The molecule has 4 aromatic carbocycles. The molecule has 2 unspecified atom stereocenters.